The molecule has 2 rings (SSSR count). The molecular weight excluding hydrogens is 252 g/mol. The molecule has 0 radical (unpaired) electrons. The van der Waals surface area contributed by atoms with Gasteiger partial charge in [-0.25, -0.2) is 4.98 Å². The molecule has 0 aromatic carbocycles. The van der Waals surface area contributed by atoms with E-state index in [4.69, 9.17) is 11.6 Å². The average Bonchev–Trinajstić information content (AvgIpc) is 2.73. The normalized spacial score (nSPS) is 10.4. The molecule has 0 atom stereocenters. The summed E-state index contributed by atoms with van der Waals surface area (Å²) in [5.41, 5.74) is 1.27. The summed E-state index contributed by atoms with van der Waals surface area (Å²) in [6, 6.07) is 4.99. The van der Waals surface area contributed by atoms with Crippen molar-refractivity contribution in [3.8, 4) is 0 Å². The predicted molar refractivity (Wildman–Crippen MR) is 69.8 cm³/mol. The number of nitrogens with zero attached hydrogens (tertiary/aromatic N) is 3. The number of nitrogens with one attached hydrogen (secondary N) is 1. The fraction of sp³-hybridized carbons (Fsp3) is 0.250. The molecule has 5 nitrogen and oxygen atoms in total. The summed E-state index contributed by atoms with van der Waals surface area (Å²) >= 11 is 5.87. The Bertz CT molecular complexity index is 579. The molecule has 2 heterocycles. The Morgan fingerprint density at radius 1 is 1.50 bits per heavy atom. The molecule has 0 aliphatic rings. The van der Waals surface area contributed by atoms with Gasteiger partial charge in [-0.3, -0.25) is 9.48 Å². The number of amides is 1. The van der Waals surface area contributed by atoms with Gasteiger partial charge in [0.2, 0.25) is 0 Å². The second-order valence-electron chi connectivity index (χ2n) is 3.85. The Morgan fingerprint density at radius 2 is 2.28 bits per heavy atom. The van der Waals surface area contributed by atoms with Crippen LogP contribution in [0, 0.1) is 0 Å². The van der Waals surface area contributed by atoms with E-state index >= 15 is 0 Å². The van der Waals surface area contributed by atoms with Crippen LogP contribution in [0.4, 0.5) is 5.82 Å². The molecular formula is C12H13ClN4O. The predicted octanol–water partition coefficient (Wildman–Crippen LogP) is 2.28. The first-order valence-corrected chi connectivity index (χ1v) is 5.93. The van der Waals surface area contributed by atoms with Crippen molar-refractivity contribution in [1.29, 1.82) is 0 Å². The Balaban J connectivity index is 2.20. The quantitative estimate of drug-likeness (QED) is 0.866. The van der Waals surface area contributed by atoms with E-state index in [0.717, 1.165) is 12.1 Å². The maximum atomic E-state index is 12.0. The van der Waals surface area contributed by atoms with E-state index in [1.807, 2.05) is 6.92 Å². The zero-order chi connectivity index (χ0) is 13.1. The fourth-order valence-electron chi connectivity index (χ4n) is 1.53. The fourth-order valence-corrected chi connectivity index (χ4v) is 1.76. The van der Waals surface area contributed by atoms with Crippen LogP contribution >= 0.6 is 11.6 Å². The maximum absolute atomic E-state index is 12.0. The number of halogens is 1. The number of rotatable bonds is 3. The molecule has 0 spiro atoms. The van der Waals surface area contributed by atoms with Gasteiger partial charge in [-0.1, -0.05) is 18.5 Å². The molecule has 94 valence electrons. The summed E-state index contributed by atoms with van der Waals surface area (Å²) in [6.45, 7) is 1.96. The van der Waals surface area contributed by atoms with Gasteiger partial charge in [-0.05, 0) is 18.6 Å². The minimum absolute atomic E-state index is 0.243. The molecule has 0 unspecified atom stereocenters. The Hall–Kier alpha value is -1.88. The summed E-state index contributed by atoms with van der Waals surface area (Å²) in [7, 11) is 1.79. The molecule has 0 saturated heterocycles. The van der Waals surface area contributed by atoms with Gasteiger partial charge in [0, 0.05) is 30.6 Å². The summed E-state index contributed by atoms with van der Waals surface area (Å²) in [5.74, 6) is 0.265. The molecule has 1 N–H and O–H groups in total. The molecule has 2 aromatic rings. The first kappa shape index (κ1) is 12.6. The van der Waals surface area contributed by atoms with E-state index in [1.165, 1.54) is 0 Å². The van der Waals surface area contributed by atoms with Gasteiger partial charge in [0.25, 0.3) is 5.91 Å². The van der Waals surface area contributed by atoms with Crippen molar-refractivity contribution in [3.63, 3.8) is 0 Å². The number of aryl methyl sites for hydroxylation is 2. The third kappa shape index (κ3) is 2.87. The Kier molecular flexibility index (Phi) is 3.62. The molecule has 1 amide bonds. The third-order valence-corrected chi connectivity index (χ3v) is 2.62. The lowest BCUT2D eigenvalue weighted by atomic mass is 10.2. The van der Waals surface area contributed by atoms with Gasteiger partial charge in [0.15, 0.2) is 5.82 Å². The van der Waals surface area contributed by atoms with Crippen LogP contribution in [0.1, 0.15) is 23.0 Å². The first-order valence-electron chi connectivity index (χ1n) is 5.56. The summed E-state index contributed by atoms with van der Waals surface area (Å²) in [4.78, 5) is 16.1. The second kappa shape index (κ2) is 5.18. The molecule has 0 aliphatic carbocycles. The largest absolute Gasteiger partial charge is 0.305 e. The van der Waals surface area contributed by atoms with Crippen molar-refractivity contribution in [2.24, 2.45) is 7.05 Å². The van der Waals surface area contributed by atoms with Gasteiger partial charge < -0.3 is 5.32 Å². The molecule has 6 heteroatoms. The Labute approximate surface area is 110 Å². The summed E-state index contributed by atoms with van der Waals surface area (Å²) in [5, 5.41) is 7.10. The number of hydrogen-bond acceptors (Lipinski definition) is 3. The van der Waals surface area contributed by atoms with Crippen molar-refractivity contribution in [2.45, 2.75) is 13.3 Å². The number of carbonyl (C=O) groups excluding carboxylic acids is 1. The minimum atomic E-state index is -0.243. The van der Waals surface area contributed by atoms with Crippen molar-refractivity contribution < 1.29 is 4.79 Å². The first-order chi connectivity index (χ1) is 8.58. The Morgan fingerprint density at radius 3 is 2.89 bits per heavy atom. The van der Waals surface area contributed by atoms with E-state index < -0.39 is 0 Å². The molecule has 0 aliphatic heterocycles. The molecule has 2 aromatic heterocycles. The average molecular weight is 265 g/mol. The highest BCUT2D eigenvalue weighted by atomic mass is 35.5. The lowest BCUT2D eigenvalue weighted by Crippen LogP contribution is -2.13. The molecule has 0 saturated carbocycles. The highest BCUT2D eigenvalue weighted by Crippen LogP contribution is 2.13. The zero-order valence-electron chi connectivity index (χ0n) is 10.1. The van der Waals surface area contributed by atoms with Gasteiger partial charge in [-0.2, -0.15) is 5.10 Å². The number of carbonyl (C=O) groups is 1. The van der Waals surface area contributed by atoms with Crippen molar-refractivity contribution in [1.82, 2.24) is 14.8 Å². The van der Waals surface area contributed by atoms with Gasteiger partial charge in [0.1, 0.15) is 5.15 Å². The zero-order valence-corrected chi connectivity index (χ0v) is 10.9. The second-order valence-corrected chi connectivity index (χ2v) is 4.24. The van der Waals surface area contributed by atoms with Crippen LogP contribution in [-0.2, 0) is 13.5 Å². The van der Waals surface area contributed by atoms with Crippen LogP contribution < -0.4 is 5.32 Å². The smallest absolute Gasteiger partial charge is 0.257 e. The molecule has 0 fully saturated rings. The summed E-state index contributed by atoms with van der Waals surface area (Å²) in [6.07, 6.45) is 2.48. The summed E-state index contributed by atoms with van der Waals surface area (Å²) < 4.78 is 1.62. The van der Waals surface area contributed by atoms with Crippen LogP contribution in [0.25, 0.3) is 0 Å². The molecule has 18 heavy (non-hydrogen) atoms. The van der Waals surface area contributed by atoms with E-state index in [1.54, 1.807) is 36.1 Å². The number of anilines is 1. The van der Waals surface area contributed by atoms with Gasteiger partial charge in [0.05, 0.1) is 0 Å². The SMILES string of the molecule is CCc1cc(C(=O)Nc2ccn(C)n2)cc(Cl)n1. The van der Waals surface area contributed by atoms with E-state index in [2.05, 4.69) is 15.4 Å². The topological polar surface area (TPSA) is 59.8 Å². The minimum Gasteiger partial charge on any atom is -0.305 e. The standard InChI is InChI=1S/C12H13ClN4O/c1-3-9-6-8(7-10(13)14-9)12(18)15-11-4-5-17(2)16-11/h4-7H,3H2,1-2H3,(H,15,16,18). The third-order valence-electron chi connectivity index (χ3n) is 2.43. The van der Waals surface area contributed by atoms with E-state index in [-0.39, 0.29) is 5.91 Å². The van der Waals surface area contributed by atoms with Crippen molar-refractivity contribution >= 4 is 23.3 Å². The highest BCUT2D eigenvalue weighted by molar-refractivity contribution is 6.29. The lowest BCUT2D eigenvalue weighted by molar-refractivity contribution is 0.102. The van der Waals surface area contributed by atoms with Gasteiger partial charge in [-0.15, -0.1) is 0 Å². The lowest BCUT2D eigenvalue weighted by Gasteiger charge is -2.04. The van der Waals surface area contributed by atoms with Crippen LogP contribution in [0.5, 0.6) is 0 Å². The number of aromatic nitrogens is 3. The van der Waals surface area contributed by atoms with E-state index in [0.29, 0.717) is 16.5 Å². The number of pyridine rings is 1. The van der Waals surface area contributed by atoms with Crippen molar-refractivity contribution in [2.75, 3.05) is 5.32 Å². The van der Waals surface area contributed by atoms with Crippen molar-refractivity contribution in [3.05, 3.63) is 40.8 Å². The van der Waals surface area contributed by atoms with Crippen LogP contribution in [0.3, 0.4) is 0 Å². The number of hydrogen-bond donors (Lipinski definition) is 1. The molecule has 0 bridgehead atoms. The van der Waals surface area contributed by atoms with Gasteiger partial charge >= 0.3 is 0 Å². The van der Waals surface area contributed by atoms with E-state index in [9.17, 15) is 4.79 Å². The maximum Gasteiger partial charge on any atom is 0.257 e. The highest BCUT2D eigenvalue weighted by Gasteiger charge is 2.10. The van der Waals surface area contributed by atoms with Crippen LogP contribution in [0.15, 0.2) is 24.4 Å². The van der Waals surface area contributed by atoms with Crippen LogP contribution in [0.2, 0.25) is 5.15 Å². The van der Waals surface area contributed by atoms with Crippen LogP contribution in [-0.4, -0.2) is 20.7 Å². The monoisotopic (exact) mass is 264 g/mol.